The molecule has 1 fully saturated rings. The Kier molecular flexibility index (Phi) is 5.16. The third kappa shape index (κ3) is 3.89. The summed E-state index contributed by atoms with van der Waals surface area (Å²) in [6.45, 7) is 7.62. The van der Waals surface area contributed by atoms with E-state index in [1.807, 2.05) is 49.7 Å². The summed E-state index contributed by atoms with van der Waals surface area (Å²) in [5.74, 6) is 1.73. The van der Waals surface area contributed by atoms with Gasteiger partial charge < -0.3 is 9.47 Å². The van der Waals surface area contributed by atoms with Crippen molar-refractivity contribution in [2.24, 2.45) is 18.9 Å². The highest BCUT2D eigenvalue weighted by Crippen LogP contribution is 2.23. The minimum atomic E-state index is 0.0648. The van der Waals surface area contributed by atoms with Gasteiger partial charge in [-0.2, -0.15) is 0 Å². The van der Waals surface area contributed by atoms with E-state index in [2.05, 4.69) is 9.97 Å². The molecule has 0 bridgehead atoms. The van der Waals surface area contributed by atoms with Crippen LogP contribution in [0.2, 0.25) is 0 Å². The Bertz CT molecular complexity index is 752. The SMILES string of the molecule is Cc1ncc(-c2cncc(CC3CCCN(C(=O)C(C)C)C3)n2)n1C. The Morgan fingerprint density at radius 2 is 2.12 bits per heavy atom. The molecule has 134 valence electrons. The predicted molar refractivity (Wildman–Crippen MR) is 96.8 cm³/mol. The highest BCUT2D eigenvalue weighted by molar-refractivity contribution is 5.78. The molecule has 0 spiro atoms. The normalized spacial score (nSPS) is 18.0. The van der Waals surface area contributed by atoms with Gasteiger partial charge in [-0.25, -0.2) is 9.97 Å². The number of amides is 1. The summed E-state index contributed by atoms with van der Waals surface area (Å²) in [6, 6.07) is 0. The Hall–Kier alpha value is -2.24. The molecule has 0 N–H and O–H groups in total. The fraction of sp³-hybridized carbons (Fsp3) is 0.579. The van der Waals surface area contributed by atoms with Crippen molar-refractivity contribution in [2.75, 3.05) is 13.1 Å². The van der Waals surface area contributed by atoms with Gasteiger partial charge in [0.2, 0.25) is 5.91 Å². The first kappa shape index (κ1) is 17.6. The van der Waals surface area contributed by atoms with Crippen LogP contribution in [0.3, 0.4) is 0 Å². The summed E-state index contributed by atoms with van der Waals surface area (Å²) in [5, 5.41) is 0. The molecule has 25 heavy (non-hydrogen) atoms. The van der Waals surface area contributed by atoms with Gasteiger partial charge in [0, 0.05) is 32.3 Å². The van der Waals surface area contributed by atoms with Crippen LogP contribution in [0.15, 0.2) is 18.6 Å². The third-order valence-electron chi connectivity index (χ3n) is 4.99. The van der Waals surface area contributed by atoms with E-state index < -0.39 is 0 Å². The number of piperidine rings is 1. The molecule has 3 rings (SSSR count). The molecule has 0 aliphatic carbocycles. The van der Waals surface area contributed by atoms with E-state index in [9.17, 15) is 4.79 Å². The van der Waals surface area contributed by atoms with Crippen LogP contribution in [0.25, 0.3) is 11.4 Å². The molecule has 0 aromatic carbocycles. The lowest BCUT2D eigenvalue weighted by Gasteiger charge is -2.33. The first-order valence-corrected chi connectivity index (χ1v) is 9.04. The van der Waals surface area contributed by atoms with Crippen LogP contribution in [0, 0.1) is 18.8 Å². The summed E-state index contributed by atoms with van der Waals surface area (Å²) in [6.07, 6.45) is 8.54. The first-order valence-electron chi connectivity index (χ1n) is 9.04. The van der Waals surface area contributed by atoms with Crippen LogP contribution >= 0.6 is 0 Å². The number of imidazole rings is 1. The van der Waals surface area contributed by atoms with Gasteiger partial charge >= 0.3 is 0 Å². The van der Waals surface area contributed by atoms with Crippen molar-refractivity contribution in [3.63, 3.8) is 0 Å². The van der Waals surface area contributed by atoms with Crippen molar-refractivity contribution >= 4 is 5.91 Å². The average Bonchev–Trinajstić information content (AvgIpc) is 2.94. The van der Waals surface area contributed by atoms with E-state index in [0.29, 0.717) is 5.92 Å². The van der Waals surface area contributed by atoms with E-state index in [1.54, 1.807) is 6.20 Å². The van der Waals surface area contributed by atoms with Gasteiger partial charge in [0.25, 0.3) is 0 Å². The Labute approximate surface area is 149 Å². The highest BCUT2D eigenvalue weighted by atomic mass is 16.2. The van der Waals surface area contributed by atoms with E-state index >= 15 is 0 Å². The Morgan fingerprint density at radius 3 is 2.80 bits per heavy atom. The number of likely N-dealkylation sites (tertiary alicyclic amines) is 1. The fourth-order valence-corrected chi connectivity index (χ4v) is 3.46. The Morgan fingerprint density at radius 1 is 1.32 bits per heavy atom. The maximum Gasteiger partial charge on any atom is 0.225 e. The minimum absolute atomic E-state index is 0.0648. The second kappa shape index (κ2) is 7.33. The Balaban J connectivity index is 1.72. The van der Waals surface area contributed by atoms with Crippen molar-refractivity contribution < 1.29 is 4.79 Å². The molecule has 6 nitrogen and oxygen atoms in total. The smallest absolute Gasteiger partial charge is 0.225 e. The number of carbonyl (C=O) groups excluding carboxylic acids is 1. The van der Waals surface area contributed by atoms with Crippen LogP contribution in [0.1, 0.15) is 38.2 Å². The first-order chi connectivity index (χ1) is 12.0. The lowest BCUT2D eigenvalue weighted by molar-refractivity contribution is -0.136. The molecular weight excluding hydrogens is 314 g/mol. The molecule has 1 atom stereocenters. The van der Waals surface area contributed by atoms with E-state index in [-0.39, 0.29) is 11.8 Å². The fourth-order valence-electron chi connectivity index (χ4n) is 3.46. The van der Waals surface area contributed by atoms with E-state index in [1.165, 1.54) is 0 Å². The van der Waals surface area contributed by atoms with Gasteiger partial charge in [-0.1, -0.05) is 13.8 Å². The van der Waals surface area contributed by atoms with Gasteiger partial charge in [0.1, 0.15) is 11.5 Å². The maximum atomic E-state index is 12.3. The highest BCUT2D eigenvalue weighted by Gasteiger charge is 2.25. The van der Waals surface area contributed by atoms with Crippen LogP contribution in [-0.4, -0.2) is 43.4 Å². The lowest BCUT2D eigenvalue weighted by Crippen LogP contribution is -2.42. The van der Waals surface area contributed by atoms with Crippen molar-refractivity contribution in [3.05, 3.63) is 30.1 Å². The van der Waals surface area contributed by atoms with Gasteiger partial charge in [-0.15, -0.1) is 0 Å². The van der Waals surface area contributed by atoms with Crippen LogP contribution in [0.4, 0.5) is 0 Å². The zero-order chi connectivity index (χ0) is 18.0. The average molecular weight is 341 g/mol. The molecule has 1 unspecified atom stereocenters. The number of aryl methyl sites for hydroxylation is 1. The molecular formula is C19H27N5O. The monoisotopic (exact) mass is 341 g/mol. The van der Waals surface area contributed by atoms with Crippen LogP contribution in [-0.2, 0) is 18.3 Å². The van der Waals surface area contributed by atoms with Crippen LogP contribution < -0.4 is 0 Å². The number of hydrogen-bond acceptors (Lipinski definition) is 4. The van der Waals surface area contributed by atoms with E-state index in [4.69, 9.17) is 4.98 Å². The number of aromatic nitrogens is 4. The number of rotatable bonds is 4. The largest absolute Gasteiger partial charge is 0.342 e. The molecule has 1 aliphatic heterocycles. The van der Waals surface area contributed by atoms with Crippen molar-refractivity contribution in [1.82, 2.24) is 24.4 Å². The molecule has 1 saturated heterocycles. The molecule has 1 amide bonds. The molecule has 1 aliphatic rings. The summed E-state index contributed by atoms with van der Waals surface area (Å²) < 4.78 is 2.03. The van der Waals surface area contributed by atoms with E-state index in [0.717, 1.165) is 55.3 Å². The minimum Gasteiger partial charge on any atom is -0.342 e. The maximum absolute atomic E-state index is 12.3. The third-order valence-corrected chi connectivity index (χ3v) is 4.99. The lowest BCUT2D eigenvalue weighted by atomic mass is 9.92. The zero-order valence-corrected chi connectivity index (χ0v) is 15.6. The molecule has 6 heteroatoms. The summed E-state index contributed by atoms with van der Waals surface area (Å²) in [4.78, 5) is 27.8. The van der Waals surface area contributed by atoms with Gasteiger partial charge in [0.05, 0.1) is 23.8 Å². The van der Waals surface area contributed by atoms with Gasteiger partial charge in [-0.3, -0.25) is 9.78 Å². The molecule has 2 aromatic rings. The summed E-state index contributed by atoms with van der Waals surface area (Å²) in [7, 11) is 1.99. The molecule has 2 aromatic heterocycles. The molecule has 0 radical (unpaired) electrons. The zero-order valence-electron chi connectivity index (χ0n) is 15.6. The predicted octanol–water partition coefficient (Wildman–Crippen LogP) is 2.62. The molecule has 0 saturated carbocycles. The second-order valence-corrected chi connectivity index (χ2v) is 7.30. The second-order valence-electron chi connectivity index (χ2n) is 7.30. The number of carbonyl (C=O) groups is 1. The number of hydrogen-bond donors (Lipinski definition) is 0. The molecule has 3 heterocycles. The quantitative estimate of drug-likeness (QED) is 0.857. The van der Waals surface area contributed by atoms with Crippen LogP contribution in [0.5, 0.6) is 0 Å². The topological polar surface area (TPSA) is 63.9 Å². The van der Waals surface area contributed by atoms with Crippen molar-refractivity contribution in [2.45, 2.75) is 40.0 Å². The van der Waals surface area contributed by atoms with Gasteiger partial charge in [-0.05, 0) is 32.1 Å². The van der Waals surface area contributed by atoms with Gasteiger partial charge in [0.15, 0.2) is 0 Å². The summed E-state index contributed by atoms with van der Waals surface area (Å²) >= 11 is 0. The standard InChI is InChI=1S/C19H27N5O/c1-13(2)19(25)24-7-5-6-15(12-24)8-16-9-20-10-17(22-16)18-11-21-14(3)23(18)4/h9-11,13,15H,5-8,12H2,1-4H3. The number of nitrogens with zero attached hydrogens (tertiary/aromatic N) is 5. The summed E-state index contributed by atoms with van der Waals surface area (Å²) in [5.41, 5.74) is 2.82. The van der Waals surface area contributed by atoms with Crippen molar-refractivity contribution in [1.29, 1.82) is 0 Å². The van der Waals surface area contributed by atoms with Crippen molar-refractivity contribution in [3.8, 4) is 11.4 Å².